The highest BCUT2D eigenvalue weighted by atomic mass is 32.1. The van der Waals surface area contributed by atoms with Crippen LogP contribution in [-0.2, 0) is 16.0 Å². The fourth-order valence-electron chi connectivity index (χ4n) is 5.90. The van der Waals surface area contributed by atoms with E-state index in [0.29, 0.717) is 24.6 Å². The highest BCUT2D eigenvalue weighted by molar-refractivity contribution is 7.15. The van der Waals surface area contributed by atoms with E-state index in [1.54, 1.807) is 23.3 Å². The highest BCUT2D eigenvalue weighted by Crippen LogP contribution is 2.57. The number of hydrogen-bond acceptors (Lipinski definition) is 7. The number of thiazole rings is 1. The zero-order chi connectivity index (χ0) is 24.5. The van der Waals surface area contributed by atoms with Crippen LogP contribution in [0.3, 0.4) is 0 Å². The molecule has 1 aromatic heterocycles. The molecule has 9 heteroatoms. The van der Waals surface area contributed by atoms with Gasteiger partial charge in [0.05, 0.1) is 30.8 Å². The lowest BCUT2D eigenvalue weighted by Crippen LogP contribution is -2.53. The van der Waals surface area contributed by atoms with E-state index in [1.165, 1.54) is 4.88 Å². The molecular formula is C24H37N5O3S. The van der Waals surface area contributed by atoms with Gasteiger partial charge in [0.25, 0.3) is 0 Å². The molecule has 8 nitrogen and oxygen atoms in total. The number of nitriles is 1. The van der Waals surface area contributed by atoms with Gasteiger partial charge in [-0.3, -0.25) is 9.59 Å². The second-order valence-electron chi connectivity index (χ2n) is 10.4. The third-order valence-electron chi connectivity index (χ3n) is 7.60. The summed E-state index contributed by atoms with van der Waals surface area (Å²) in [5, 5.41) is 23.9. The van der Waals surface area contributed by atoms with Gasteiger partial charge in [-0.25, -0.2) is 4.98 Å². The maximum atomic E-state index is 12.9. The molecule has 0 spiro atoms. The van der Waals surface area contributed by atoms with Gasteiger partial charge in [0.2, 0.25) is 11.8 Å². The Hall–Kier alpha value is -2.02. The Morgan fingerprint density at radius 2 is 2.09 bits per heavy atom. The first-order chi connectivity index (χ1) is 15.5. The number of aromatic nitrogens is 1. The zero-order valence-corrected chi connectivity index (χ0v) is 21.4. The lowest BCUT2D eigenvalue weighted by Gasteiger charge is -2.53. The van der Waals surface area contributed by atoms with E-state index in [-0.39, 0.29) is 40.9 Å². The number of rotatable bonds is 7. The van der Waals surface area contributed by atoms with E-state index in [1.807, 2.05) is 25.9 Å². The van der Waals surface area contributed by atoms with Crippen LogP contribution in [0.5, 0.6) is 0 Å². The summed E-state index contributed by atoms with van der Waals surface area (Å²) in [6.45, 7) is 6.97. The van der Waals surface area contributed by atoms with Crippen LogP contribution in [0.25, 0.3) is 0 Å². The first kappa shape index (κ1) is 25.6. The summed E-state index contributed by atoms with van der Waals surface area (Å²) >= 11 is 1.54. The van der Waals surface area contributed by atoms with Crippen molar-refractivity contribution < 1.29 is 14.7 Å². The SMILES string of the molecule is C[C@H](C(=O)N(C)CCC#N)[C@H]1CC[C@]2(C)Cc3sc(NC(=O)CN(C)C)nc3[C@H](C)[C@@H]2[C@H]1O. The molecule has 33 heavy (non-hydrogen) atoms. The monoisotopic (exact) mass is 475 g/mol. The summed E-state index contributed by atoms with van der Waals surface area (Å²) in [7, 11) is 5.43. The minimum absolute atomic E-state index is 0.00385. The second kappa shape index (κ2) is 10.1. The van der Waals surface area contributed by atoms with Gasteiger partial charge in [-0.15, -0.1) is 11.3 Å². The van der Waals surface area contributed by atoms with Crippen LogP contribution in [0.4, 0.5) is 5.13 Å². The number of likely N-dealkylation sites (N-methyl/N-ethyl adjacent to an activating group) is 1. The van der Waals surface area contributed by atoms with Crippen LogP contribution in [0.2, 0.25) is 0 Å². The number of amides is 2. The van der Waals surface area contributed by atoms with Crippen LogP contribution in [-0.4, -0.2) is 72.0 Å². The number of aliphatic hydroxyl groups is 1. The molecule has 182 valence electrons. The minimum atomic E-state index is -0.608. The number of nitrogens with zero attached hydrogens (tertiary/aromatic N) is 4. The second-order valence-corrected chi connectivity index (χ2v) is 11.5. The van der Waals surface area contributed by atoms with E-state index in [4.69, 9.17) is 10.2 Å². The Labute approximate surface area is 201 Å². The molecule has 1 aromatic rings. The number of aliphatic hydroxyl groups excluding tert-OH is 1. The zero-order valence-electron chi connectivity index (χ0n) is 20.6. The quantitative estimate of drug-likeness (QED) is 0.628. The summed E-state index contributed by atoms with van der Waals surface area (Å²) in [6, 6.07) is 2.08. The molecule has 6 atom stereocenters. The standard InChI is InChI=1S/C24H37N5O3S/c1-14(22(32)29(6)11-7-10-25)16-8-9-24(3)12-17-20(15(2)19(24)21(16)31)27-23(33-17)26-18(30)13-28(4)5/h14-16,19,21,31H,7-9,11-13H2,1-6H3,(H,26,27,30)/t14-,15+,16+,19+,21-,24+/m0/s1. The van der Waals surface area contributed by atoms with E-state index in [9.17, 15) is 14.7 Å². The third kappa shape index (κ3) is 5.23. The smallest absolute Gasteiger partial charge is 0.240 e. The minimum Gasteiger partial charge on any atom is -0.392 e. The fraction of sp³-hybridized carbons (Fsp3) is 0.750. The molecule has 2 aliphatic rings. The van der Waals surface area contributed by atoms with Crippen LogP contribution in [0.1, 0.15) is 56.5 Å². The Balaban J connectivity index is 1.78. The van der Waals surface area contributed by atoms with Gasteiger partial charge in [0, 0.05) is 30.3 Å². The van der Waals surface area contributed by atoms with Crippen LogP contribution >= 0.6 is 11.3 Å². The molecule has 1 heterocycles. The first-order valence-electron chi connectivity index (χ1n) is 11.7. The van der Waals surface area contributed by atoms with Gasteiger partial charge in [0.1, 0.15) is 0 Å². The van der Waals surface area contributed by atoms with Crippen molar-refractivity contribution in [1.29, 1.82) is 5.26 Å². The summed E-state index contributed by atoms with van der Waals surface area (Å²) in [4.78, 5) is 34.5. The molecule has 0 aromatic carbocycles. The Morgan fingerprint density at radius 1 is 1.39 bits per heavy atom. The lowest BCUT2D eigenvalue weighted by atomic mass is 9.53. The van der Waals surface area contributed by atoms with Crippen molar-refractivity contribution in [1.82, 2.24) is 14.8 Å². The van der Waals surface area contributed by atoms with Gasteiger partial charge in [-0.2, -0.15) is 5.26 Å². The number of carbonyl (C=O) groups excluding carboxylic acids is 2. The Bertz CT molecular complexity index is 926. The molecule has 0 radical (unpaired) electrons. The van der Waals surface area contributed by atoms with E-state index in [2.05, 4.69) is 25.2 Å². The van der Waals surface area contributed by atoms with Crippen molar-refractivity contribution in [3.8, 4) is 6.07 Å². The molecule has 0 saturated heterocycles. The summed E-state index contributed by atoms with van der Waals surface area (Å²) in [5.41, 5.74) is 0.891. The van der Waals surface area contributed by atoms with Gasteiger partial charge in [-0.1, -0.05) is 20.8 Å². The maximum Gasteiger partial charge on any atom is 0.240 e. The fourth-order valence-corrected chi connectivity index (χ4v) is 7.18. The highest BCUT2D eigenvalue weighted by Gasteiger charge is 2.54. The van der Waals surface area contributed by atoms with Crippen molar-refractivity contribution >= 4 is 28.3 Å². The maximum absolute atomic E-state index is 12.9. The normalized spacial score (nSPS) is 29.5. The molecule has 3 rings (SSSR count). The Kier molecular flexibility index (Phi) is 7.82. The topological polar surface area (TPSA) is 110 Å². The number of anilines is 1. The third-order valence-corrected chi connectivity index (χ3v) is 8.58. The van der Waals surface area contributed by atoms with Gasteiger partial charge < -0.3 is 20.2 Å². The van der Waals surface area contributed by atoms with Crippen LogP contribution in [0.15, 0.2) is 0 Å². The molecule has 2 amide bonds. The van der Waals surface area contributed by atoms with Crippen LogP contribution < -0.4 is 5.32 Å². The van der Waals surface area contributed by atoms with Crippen molar-refractivity contribution in [2.24, 2.45) is 23.2 Å². The summed E-state index contributed by atoms with van der Waals surface area (Å²) in [5.74, 6) is -0.501. The number of carbonyl (C=O) groups is 2. The number of hydrogen-bond donors (Lipinski definition) is 2. The first-order valence-corrected chi connectivity index (χ1v) is 12.5. The van der Waals surface area contributed by atoms with Crippen molar-refractivity contribution in [2.75, 3.05) is 39.5 Å². The average molecular weight is 476 g/mol. The average Bonchev–Trinajstić information content (AvgIpc) is 3.12. The molecular weight excluding hydrogens is 438 g/mol. The van der Waals surface area contributed by atoms with Crippen molar-refractivity contribution in [3.05, 3.63) is 10.6 Å². The molecule has 1 saturated carbocycles. The van der Waals surface area contributed by atoms with Crippen molar-refractivity contribution in [3.63, 3.8) is 0 Å². The van der Waals surface area contributed by atoms with Gasteiger partial charge in [0.15, 0.2) is 5.13 Å². The Morgan fingerprint density at radius 3 is 2.73 bits per heavy atom. The summed E-state index contributed by atoms with van der Waals surface area (Å²) in [6.07, 6.45) is 2.25. The van der Waals surface area contributed by atoms with Gasteiger partial charge >= 0.3 is 0 Å². The van der Waals surface area contributed by atoms with E-state index < -0.39 is 6.10 Å². The van der Waals surface area contributed by atoms with Crippen LogP contribution in [0, 0.1) is 34.5 Å². The van der Waals surface area contributed by atoms with Crippen molar-refractivity contribution in [2.45, 2.75) is 58.5 Å². The van der Waals surface area contributed by atoms with E-state index in [0.717, 1.165) is 25.0 Å². The largest absolute Gasteiger partial charge is 0.392 e. The molecule has 2 N–H and O–H groups in total. The molecule has 1 fully saturated rings. The number of nitrogens with one attached hydrogen (secondary N) is 1. The molecule has 2 aliphatic carbocycles. The van der Waals surface area contributed by atoms with Gasteiger partial charge in [-0.05, 0) is 50.6 Å². The predicted octanol–water partition coefficient (Wildman–Crippen LogP) is 2.70. The number of fused-ring (bicyclic) bond motifs is 2. The van der Waals surface area contributed by atoms with E-state index >= 15 is 0 Å². The molecule has 0 unspecified atom stereocenters. The molecule has 0 aliphatic heterocycles. The lowest BCUT2D eigenvalue weighted by molar-refractivity contribution is -0.143. The molecule has 0 bridgehead atoms. The summed E-state index contributed by atoms with van der Waals surface area (Å²) < 4.78 is 0. The predicted molar refractivity (Wildman–Crippen MR) is 129 cm³/mol.